The van der Waals surface area contributed by atoms with Gasteiger partial charge in [0.15, 0.2) is 6.29 Å². The Hall–Kier alpha value is -2.10. The summed E-state index contributed by atoms with van der Waals surface area (Å²) >= 11 is 0. The number of rotatable bonds is 2. The highest BCUT2D eigenvalue weighted by Crippen LogP contribution is 2.24. The van der Waals surface area contributed by atoms with Gasteiger partial charge in [0.05, 0.1) is 12.7 Å². The summed E-state index contributed by atoms with van der Waals surface area (Å²) in [6.45, 7) is 0. The highest BCUT2D eigenvalue weighted by atomic mass is 16.5. The average Bonchev–Trinajstić information content (AvgIpc) is 2.65. The average molecular weight is 217 g/mol. The van der Waals surface area contributed by atoms with Crippen molar-refractivity contribution in [2.24, 2.45) is 7.05 Å². The molecule has 0 aliphatic carbocycles. The second-order valence-electron chi connectivity index (χ2n) is 3.50. The third-order valence-electron chi connectivity index (χ3n) is 2.58. The van der Waals surface area contributed by atoms with E-state index in [9.17, 15) is 9.59 Å². The molecule has 0 amide bonds. The van der Waals surface area contributed by atoms with Crippen LogP contribution in [0.15, 0.2) is 24.4 Å². The predicted molar refractivity (Wildman–Crippen MR) is 59.6 cm³/mol. The number of benzene rings is 1. The van der Waals surface area contributed by atoms with Gasteiger partial charge in [0.1, 0.15) is 0 Å². The standard InChI is InChI=1S/C12H11NO3/c1-13-6-8(7-14)11-9(12(15)16-2)4-3-5-10(11)13/h3-7H,1-2H3. The molecule has 0 radical (unpaired) electrons. The first kappa shape index (κ1) is 10.4. The summed E-state index contributed by atoms with van der Waals surface area (Å²) in [6.07, 6.45) is 2.44. The summed E-state index contributed by atoms with van der Waals surface area (Å²) in [5, 5.41) is 0.645. The number of aryl methyl sites for hydroxylation is 1. The lowest BCUT2D eigenvalue weighted by Crippen LogP contribution is -2.02. The van der Waals surface area contributed by atoms with Crippen molar-refractivity contribution in [1.82, 2.24) is 4.57 Å². The number of carbonyl (C=O) groups excluding carboxylic acids is 2. The molecule has 4 nitrogen and oxygen atoms in total. The molecule has 0 saturated heterocycles. The molecule has 2 aromatic rings. The number of hydrogen-bond acceptors (Lipinski definition) is 3. The molecule has 0 aliphatic heterocycles. The minimum Gasteiger partial charge on any atom is -0.465 e. The van der Waals surface area contributed by atoms with Gasteiger partial charge in [0.25, 0.3) is 0 Å². The second-order valence-corrected chi connectivity index (χ2v) is 3.50. The number of ether oxygens (including phenoxy) is 1. The van der Waals surface area contributed by atoms with Gasteiger partial charge in [-0.15, -0.1) is 0 Å². The van der Waals surface area contributed by atoms with Crippen LogP contribution in [0.1, 0.15) is 20.7 Å². The number of nitrogens with zero attached hydrogens (tertiary/aromatic N) is 1. The molecule has 2 rings (SSSR count). The largest absolute Gasteiger partial charge is 0.465 e. The topological polar surface area (TPSA) is 48.3 Å². The van der Waals surface area contributed by atoms with E-state index in [0.29, 0.717) is 16.5 Å². The van der Waals surface area contributed by atoms with Crippen LogP contribution < -0.4 is 0 Å². The fraction of sp³-hybridized carbons (Fsp3) is 0.167. The molecule has 16 heavy (non-hydrogen) atoms. The Balaban J connectivity index is 2.84. The van der Waals surface area contributed by atoms with Crippen LogP contribution in [0.4, 0.5) is 0 Å². The van der Waals surface area contributed by atoms with Crippen molar-refractivity contribution in [3.63, 3.8) is 0 Å². The predicted octanol–water partition coefficient (Wildman–Crippen LogP) is 1.78. The lowest BCUT2D eigenvalue weighted by molar-refractivity contribution is 0.0603. The van der Waals surface area contributed by atoms with E-state index < -0.39 is 5.97 Å². The van der Waals surface area contributed by atoms with Crippen molar-refractivity contribution in [1.29, 1.82) is 0 Å². The van der Waals surface area contributed by atoms with Crippen molar-refractivity contribution >= 4 is 23.2 Å². The Bertz CT molecular complexity index is 569. The van der Waals surface area contributed by atoms with Gasteiger partial charge in [-0.3, -0.25) is 4.79 Å². The van der Waals surface area contributed by atoms with E-state index in [2.05, 4.69) is 4.74 Å². The molecule has 0 fully saturated rings. The minimum atomic E-state index is -0.431. The molecule has 1 heterocycles. The zero-order chi connectivity index (χ0) is 11.7. The number of aromatic nitrogens is 1. The lowest BCUT2D eigenvalue weighted by Gasteiger charge is -2.02. The molecular formula is C12H11NO3. The molecule has 0 unspecified atom stereocenters. The van der Waals surface area contributed by atoms with Crippen LogP contribution in [-0.2, 0) is 11.8 Å². The molecule has 0 saturated carbocycles. The van der Waals surface area contributed by atoms with Crippen molar-refractivity contribution in [3.8, 4) is 0 Å². The third-order valence-corrected chi connectivity index (χ3v) is 2.58. The quantitative estimate of drug-likeness (QED) is 0.569. The number of fused-ring (bicyclic) bond motifs is 1. The van der Waals surface area contributed by atoms with E-state index in [1.165, 1.54) is 7.11 Å². The maximum atomic E-state index is 11.6. The molecular weight excluding hydrogens is 206 g/mol. The van der Waals surface area contributed by atoms with E-state index in [0.717, 1.165) is 11.8 Å². The van der Waals surface area contributed by atoms with Crippen LogP contribution >= 0.6 is 0 Å². The first-order valence-electron chi connectivity index (χ1n) is 4.80. The minimum absolute atomic E-state index is 0.419. The number of hydrogen-bond donors (Lipinski definition) is 0. The van der Waals surface area contributed by atoms with E-state index >= 15 is 0 Å². The number of aldehydes is 1. The van der Waals surface area contributed by atoms with Gasteiger partial charge in [-0.1, -0.05) is 6.07 Å². The fourth-order valence-electron chi connectivity index (χ4n) is 1.85. The highest BCUT2D eigenvalue weighted by Gasteiger charge is 2.15. The maximum absolute atomic E-state index is 11.6. The van der Waals surface area contributed by atoms with Gasteiger partial charge in [-0.05, 0) is 12.1 Å². The molecule has 4 heteroatoms. The van der Waals surface area contributed by atoms with Crippen molar-refractivity contribution in [2.75, 3.05) is 7.11 Å². The Morgan fingerprint density at radius 2 is 2.19 bits per heavy atom. The van der Waals surface area contributed by atoms with Crippen molar-refractivity contribution in [3.05, 3.63) is 35.5 Å². The fourth-order valence-corrected chi connectivity index (χ4v) is 1.85. The Morgan fingerprint density at radius 1 is 1.44 bits per heavy atom. The lowest BCUT2D eigenvalue weighted by atomic mass is 10.1. The Labute approximate surface area is 92.4 Å². The zero-order valence-electron chi connectivity index (χ0n) is 9.06. The molecule has 1 aromatic heterocycles. The summed E-state index contributed by atoms with van der Waals surface area (Å²) in [5.41, 5.74) is 1.76. The van der Waals surface area contributed by atoms with Gasteiger partial charge < -0.3 is 9.30 Å². The summed E-state index contributed by atoms with van der Waals surface area (Å²) in [4.78, 5) is 22.5. The first-order chi connectivity index (χ1) is 7.69. The molecule has 0 N–H and O–H groups in total. The van der Waals surface area contributed by atoms with E-state index in [1.807, 2.05) is 17.7 Å². The molecule has 0 bridgehead atoms. The molecule has 0 aliphatic rings. The van der Waals surface area contributed by atoms with Crippen LogP contribution in [0.2, 0.25) is 0 Å². The van der Waals surface area contributed by atoms with Crippen molar-refractivity contribution in [2.45, 2.75) is 0 Å². The summed E-state index contributed by atoms with van der Waals surface area (Å²) < 4.78 is 6.50. The van der Waals surface area contributed by atoms with Crippen LogP contribution in [0.25, 0.3) is 10.9 Å². The molecule has 1 aromatic carbocycles. The van der Waals surface area contributed by atoms with E-state index in [1.54, 1.807) is 18.3 Å². The molecule has 0 atom stereocenters. The van der Waals surface area contributed by atoms with Crippen molar-refractivity contribution < 1.29 is 14.3 Å². The number of methoxy groups -OCH3 is 1. The summed E-state index contributed by atoms with van der Waals surface area (Å²) in [6, 6.07) is 5.28. The third kappa shape index (κ3) is 1.39. The zero-order valence-corrected chi connectivity index (χ0v) is 9.06. The van der Waals surface area contributed by atoms with Crippen LogP contribution in [0.5, 0.6) is 0 Å². The van der Waals surface area contributed by atoms with Gasteiger partial charge in [-0.2, -0.15) is 0 Å². The Kier molecular flexibility index (Phi) is 2.48. The Morgan fingerprint density at radius 3 is 2.81 bits per heavy atom. The summed E-state index contributed by atoms with van der Waals surface area (Å²) in [7, 11) is 3.15. The van der Waals surface area contributed by atoms with Gasteiger partial charge >= 0.3 is 5.97 Å². The van der Waals surface area contributed by atoms with E-state index in [4.69, 9.17) is 0 Å². The van der Waals surface area contributed by atoms with Gasteiger partial charge in [-0.25, -0.2) is 4.79 Å². The first-order valence-corrected chi connectivity index (χ1v) is 4.80. The van der Waals surface area contributed by atoms with Gasteiger partial charge in [0, 0.05) is 29.7 Å². The second kappa shape index (κ2) is 3.81. The molecule has 82 valence electrons. The number of esters is 1. The smallest absolute Gasteiger partial charge is 0.338 e. The van der Waals surface area contributed by atoms with Crippen LogP contribution in [0, 0.1) is 0 Å². The molecule has 0 spiro atoms. The normalized spacial score (nSPS) is 10.4. The summed E-state index contributed by atoms with van der Waals surface area (Å²) in [5.74, 6) is -0.431. The highest BCUT2D eigenvalue weighted by molar-refractivity contribution is 6.10. The number of carbonyl (C=O) groups is 2. The van der Waals surface area contributed by atoms with Gasteiger partial charge in [0.2, 0.25) is 0 Å². The van der Waals surface area contributed by atoms with E-state index in [-0.39, 0.29) is 0 Å². The maximum Gasteiger partial charge on any atom is 0.338 e. The van der Waals surface area contributed by atoms with Crippen LogP contribution in [0.3, 0.4) is 0 Å². The SMILES string of the molecule is COC(=O)c1cccc2c1c(C=O)cn2C. The van der Waals surface area contributed by atoms with Crippen LogP contribution in [-0.4, -0.2) is 23.9 Å². The monoisotopic (exact) mass is 217 g/mol.